The molecule has 0 aliphatic carbocycles. The lowest BCUT2D eigenvalue weighted by atomic mass is 10.1. The van der Waals surface area contributed by atoms with Crippen LogP contribution in [-0.2, 0) is 30.8 Å². The van der Waals surface area contributed by atoms with Gasteiger partial charge in [0.1, 0.15) is 18.1 Å². The molecule has 0 aliphatic rings. The maximum atomic E-state index is 10.8. The number of hydrogen-bond acceptors (Lipinski definition) is 6. The lowest BCUT2D eigenvalue weighted by Crippen LogP contribution is -2.25. The van der Waals surface area contributed by atoms with Gasteiger partial charge < -0.3 is 14.7 Å². The Morgan fingerprint density at radius 2 is 1.48 bits per heavy atom. The molecule has 2 aromatic heterocycles. The number of ether oxygens (including phenoxy) is 1. The van der Waals surface area contributed by atoms with E-state index in [0.29, 0.717) is 13.0 Å². The summed E-state index contributed by atoms with van der Waals surface area (Å²) in [5.74, 6) is -0.0216. The van der Waals surface area contributed by atoms with Gasteiger partial charge in [0.05, 0.1) is 5.69 Å². The predicted octanol–water partition coefficient (Wildman–Crippen LogP) is 7.05. The van der Waals surface area contributed by atoms with Crippen molar-refractivity contribution in [1.82, 2.24) is 9.97 Å². The number of rotatable bonds is 13. The van der Waals surface area contributed by atoms with Crippen molar-refractivity contribution in [2.24, 2.45) is 0 Å². The SMILES string of the molecule is O=C(O)CCc1ccc(OCc2ccc(CN(CCc3ccccc3)c3nc(-c4ccccn4)cs3)cc2)cc1. The fourth-order valence-electron chi connectivity index (χ4n) is 4.32. The van der Waals surface area contributed by atoms with E-state index in [0.717, 1.165) is 52.9 Å². The third-order valence-electron chi connectivity index (χ3n) is 6.56. The molecule has 0 saturated heterocycles. The van der Waals surface area contributed by atoms with E-state index in [9.17, 15) is 4.79 Å². The van der Waals surface area contributed by atoms with Crippen LogP contribution in [-0.4, -0.2) is 27.6 Å². The first-order valence-electron chi connectivity index (χ1n) is 13.3. The molecule has 40 heavy (non-hydrogen) atoms. The number of aliphatic carboxylic acids is 1. The molecule has 5 aromatic rings. The van der Waals surface area contributed by atoms with Crippen molar-refractivity contribution in [3.05, 3.63) is 131 Å². The molecule has 2 heterocycles. The highest BCUT2D eigenvalue weighted by Crippen LogP contribution is 2.28. The smallest absolute Gasteiger partial charge is 0.303 e. The van der Waals surface area contributed by atoms with Crippen molar-refractivity contribution < 1.29 is 14.6 Å². The number of benzene rings is 3. The van der Waals surface area contributed by atoms with Gasteiger partial charge in [-0.3, -0.25) is 9.78 Å². The average Bonchev–Trinajstić information content (AvgIpc) is 3.50. The highest BCUT2D eigenvalue weighted by atomic mass is 32.1. The standard InChI is InChI=1S/C33H31N3O3S/c37-32(38)18-15-26-13-16-29(17-14-26)39-23-28-11-9-27(10-12-28)22-36(21-19-25-6-2-1-3-7-25)33-35-31(24-40-33)30-8-4-5-20-34-30/h1-14,16-17,20,24H,15,18-19,21-23H2,(H,37,38). The Morgan fingerprint density at radius 3 is 2.20 bits per heavy atom. The van der Waals surface area contributed by atoms with Crippen LogP contribution in [0, 0.1) is 0 Å². The number of anilines is 1. The number of carbonyl (C=O) groups is 1. The number of carboxylic acids is 1. The van der Waals surface area contributed by atoms with Gasteiger partial charge in [-0.25, -0.2) is 4.98 Å². The van der Waals surface area contributed by atoms with Crippen molar-refractivity contribution in [2.75, 3.05) is 11.4 Å². The number of aromatic nitrogens is 2. The first kappa shape index (κ1) is 27.1. The van der Waals surface area contributed by atoms with Crippen LogP contribution in [0.15, 0.2) is 109 Å². The molecule has 0 atom stereocenters. The van der Waals surface area contributed by atoms with E-state index < -0.39 is 5.97 Å². The summed E-state index contributed by atoms with van der Waals surface area (Å²) < 4.78 is 5.95. The maximum absolute atomic E-state index is 10.8. The van der Waals surface area contributed by atoms with Gasteiger partial charge >= 0.3 is 5.97 Å². The molecule has 0 bridgehead atoms. The Labute approximate surface area is 238 Å². The normalized spacial score (nSPS) is 10.8. The quantitative estimate of drug-likeness (QED) is 0.170. The van der Waals surface area contributed by atoms with Crippen LogP contribution in [0.2, 0.25) is 0 Å². The molecular formula is C33H31N3O3S. The summed E-state index contributed by atoms with van der Waals surface area (Å²) in [6, 6.07) is 32.6. The zero-order valence-corrected chi connectivity index (χ0v) is 23.0. The number of pyridine rings is 1. The summed E-state index contributed by atoms with van der Waals surface area (Å²) in [6.07, 6.45) is 3.37. The van der Waals surface area contributed by atoms with Crippen LogP contribution in [0.4, 0.5) is 5.13 Å². The minimum atomic E-state index is -0.788. The molecule has 0 unspecified atom stereocenters. The number of carboxylic acid groups (broad SMARTS) is 1. The van der Waals surface area contributed by atoms with E-state index in [4.69, 9.17) is 14.8 Å². The highest BCUT2D eigenvalue weighted by Gasteiger charge is 2.14. The first-order valence-corrected chi connectivity index (χ1v) is 14.2. The van der Waals surface area contributed by atoms with E-state index >= 15 is 0 Å². The summed E-state index contributed by atoms with van der Waals surface area (Å²) in [6.45, 7) is 2.07. The summed E-state index contributed by atoms with van der Waals surface area (Å²) in [5.41, 5.74) is 6.36. The second-order valence-electron chi connectivity index (χ2n) is 9.53. The second-order valence-corrected chi connectivity index (χ2v) is 10.4. The molecule has 0 saturated carbocycles. The molecule has 1 N–H and O–H groups in total. The summed E-state index contributed by atoms with van der Waals surface area (Å²) in [7, 11) is 0. The van der Waals surface area contributed by atoms with Gasteiger partial charge in [0, 0.05) is 31.1 Å². The third kappa shape index (κ3) is 7.77. The minimum Gasteiger partial charge on any atom is -0.489 e. The van der Waals surface area contributed by atoms with Crippen LogP contribution in [0.25, 0.3) is 11.4 Å². The van der Waals surface area contributed by atoms with Gasteiger partial charge in [-0.1, -0.05) is 72.8 Å². The zero-order valence-electron chi connectivity index (χ0n) is 22.1. The molecule has 202 valence electrons. The fourth-order valence-corrected chi connectivity index (χ4v) is 5.17. The molecule has 3 aromatic carbocycles. The fraction of sp³-hybridized carbons (Fsp3) is 0.182. The monoisotopic (exact) mass is 549 g/mol. The maximum Gasteiger partial charge on any atom is 0.303 e. The Bertz CT molecular complexity index is 1490. The second kappa shape index (κ2) is 13.5. The first-order chi connectivity index (χ1) is 19.6. The zero-order chi connectivity index (χ0) is 27.6. The molecule has 0 fully saturated rings. The summed E-state index contributed by atoms with van der Waals surface area (Å²) in [4.78, 5) is 22.5. The Hall–Kier alpha value is -4.49. The topological polar surface area (TPSA) is 75.6 Å². The van der Waals surface area contributed by atoms with Crippen LogP contribution >= 0.6 is 11.3 Å². The summed E-state index contributed by atoms with van der Waals surface area (Å²) >= 11 is 1.65. The van der Waals surface area contributed by atoms with Crippen LogP contribution in [0.1, 0.15) is 28.7 Å². The molecule has 7 heteroatoms. The number of aryl methyl sites for hydroxylation is 1. The van der Waals surface area contributed by atoms with Crippen molar-refractivity contribution in [1.29, 1.82) is 0 Å². The van der Waals surface area contributed by atoms with Crippen molar-refractivity contribution in [3.8, 4) is 17.1 Å². The van der Waals surface area contributed by atoms with Crippen LogP contribution in [0.5, 0.6) is 5.75 Å². The van der Waals surface area contributed by atoms with E-state index in [2.05, 4.69) is 63.8 Å². The third-order valence-corrected chi connectivity index (χ3v) is 7.46. The Kier molecular flexibility index (Phi) is 9.17. The van der Waals surface area contributed by atoms with E-state index in [1.54, 1.807) is 17.5 Å². The van der Waals surface area contributed by atoms with Gasteiger partial charge in [-0.2, -0.15) is 0 Å². The predicted molar refractivity (Wildman–Crippen MR) is 160 cm³/mol. The molecule has 0 aliphatic heterocycles. The van der Waals surface area contributed by atoms with Crippen molar-refractivity contribution >= 4 is 22.4 Å². The van der Waals surface area contributed by atoms with Gasteiger partial charge in [0.2, 0.25) is 0 Å². The van der Waals surface area contributed by atoms with Gasteiger partial charge in [0.15, 0.2) is 5.13 Å². The number of thiazole rings is 1. The van der Waals surface area contributed by atoms with Gasteiger partial charge in [-0.15, -0.1) is 11.3 Å². The summed E-state index contributed by atoms with van der Waals surface area (Å²) in [5, 5.41) is 11.9. The molecular weight excluding hydrogens is 518 g/mol. The van der Waals surface area contributed by atoms with E-state index in [1.165, 1.54) is 11.1 Å². The largest absolute Gasteiger partial charge is 0.489 e. The number of nitrogens with zero attached hydrogens (tertiary/aromatic N) is 3. The Morgan fingerprint density at radius 1 is 0.775 bits per heavy atom. The molecule has 5 rings (SSSR count). The molecule has 0 spiro atoms. The average molecular weight is 550 g/mol. The van der Waals surface area contributed by atoms with Crippen LogP contribution in [0.3, 0.4) is 0 Å². The number of hydrogen-bond donors (Lipinski definition) is 1. The van der Waals surface area contributed by atoms with Gasteiger partial charge in [0.25, 0.3) is 0 Å². The molecule has 0 amide bonds. The lowest BCUT2D eigenvalue weighted by molar-refractivity contribution is -0.136. The Balaban J connectivity index is 1.22. The van der Waals surface area contributed by atoms with Crippen LogP contribution < -0.4 is 9.64 Å². The minimum absolute atomic E-state index is 0.129. The molecule has 0 radical (unpaired) electrons. The highest BCUT2D eigenvalue weighted by molar-refractivity contribution is 7.14. The van der Waals surface area contributed by atoms with E-state index in [1.807, 2.05) is 48.5 Å². The van der Waals surface area contributed by atoms with Crippen molar-refractivity contribution in [3.63, 3.8) is 0 Å². The van der Waals surface area contributed by atoms with Gasteiger partial charge in [-0.05, 0) is 59.4 Å². The van der Waals surface area contributed by atoms with Crippen molar-refractivity contribution in [2.45, 2.75) is 32.4 Å². The molecule has 6 nitrogen and oxygen atoms in total. The lowest BCUT2D eigenvalue weighted by Gasteiger charge is -2.22. The van der Waals surface area contributed by atoms with E-state index in [-0.39, 0.29) is 6.42 Å².